The van der Waals surface area contributed by atoms with Crippen LogP contribution in [0.15, 0.2) is 24.8 Å². The Hall–Kier alpha value is -2.65. The molecule has 4 rings (SSSR count). The predicted octanol–water partition coefficient (Wildman–Crippen LogP) is 1.32. The standard InChI is InChI=1S/C19H25N7O2/c27-19(14-1-4-20-9-14)26-17-7-15(23-12-24-17)16-10-21-11-18(25-16)22-8-13-2-5-28-6-3-13/h7,10-14,20H,1-6,8-9H2,(H,22,25)(H,23,24,26,27). The van der Waals surface area contributed by atoms with Crippen molar-refractivity contribution in [3.63, 3.8) is 0 Å². The molecule has 2 aliphatic heterocycles. The quantitative estimate of drug-likeness (QED) is 0.684. The largest absolute Gasteiger partial charge is 0.381 e. The Bertz CT molecular complexity index is 804. The number of carbonyl (C=O) groups is 1. The number of carbonyl (C=O) groups excluding carboxylic acids is 1. The van der Waals surface area contributed by atoms with Crippen LogP contribution in [-0.2, 0) is 9.53 Å². The first-order valence-corrected chi connectivity index (χ1v) is 9.75. The zero-order valence-corrected chi connectivity index (χ0v) is 15.7. The van der Waals surface area contributed by atoms with Crippen molar-refractivity contribution < 1.29 is 9.53 Å². The molecule has 28 heavy (non-hydrogen) atoms. The molecular formula is C19H25N7O2. The molecule has 9 heteroatoms. The average Bonchev–Trinajstić information content (AvgIpc) is 3.29. The molecule has 0 saturated carbocycles. The Kier molecular flexibility index (Phi) is 6.03. The number of aromatic nitrogens is 4. The zero-order chi connectivity index (χ0) is 19.2. The molecule has 2 fully saturated rings. The highest BCUT2D eigenvalue weighted by atomic mass is 16.5. The summed E-state index contributed by atoms with van der Waals surface area (Å²) in [5, 5.41) is 9.42. The Balaban J connectivity index is 1.41. The second-order valence-corrected chi connectivity index (χ2v) is 7.19. The highest BCUT2D eigenvalue weighted by Crippen LogP contribution is 2.20. The molecule has 0 bridgehead atoms. The van der Waals surface area contributed by atoms with Gasteiger partial charge in [0.05, 0.1) is 24.0 Å². The second-order valence-electron chi connectivity index (χ2n) is 7.19. The lowest BCUT2D eigenvalue weighted by Crippen LogP contribution is -2.25. The van der Waals surface area contributed by atoms with E-state index >= 15 is 0 Å². The number of nitrogens with one attached hydrogen (secondary N) is 3. The molecule has 2 saturated heterocycles. The number of ether oxygens (including phenoxy) is 1. The fourth-order valence-corrected chi connectivity index (χ4v) is 3.45. The van der Waals surface area contributed by atoms with Gasteiger partial charge in [-0.25, -0.2) is 15.0 Å². The third kappa shape index (κ3) is 4.79. The van der Waals surface area contributed by atoms with Crippen molar-refractivity contribution in [3.05, 3.63) is 24.8 Å². The monoisotopic (exact) mass is 383 g/mol. The van der Waals surface area contributed by atoms with Crippen LogP contribution in [0, 0.1) is 11.8 Å². The van der Waals surface area contributed by atoms with E-state index in [1.807, 2.05) is 0 Å². The van der Waals surface area contributed by atoms with E-state index in [9.17, 15) is 4.79 Å². The fourth-order valence-electron chi connectivity index (χ4n) is 3.45. The van der Waals surface area contributed by atoms with Gasteiger partial charge in [0.25, 0.3) is 0 Å². The topological polar surface area (TPSA) is 114 Å². The SMILES string of the molecule is O=C(Nc1cc(-c2cncc(NCC3CCOCC3)n2)ncn1)C1CCNC1. The number of hydrogen-bond donors (Lipinski definition) is 3. The maximum absolute atomic E-state index is 12.3. The summed E-state index contributed by atoms with van der Waals surface area (Å²) < 4.78 is 5.40. The van der Waals surface area contributed by atoms with E-state index in [0.717, 1.165) is 45.6 Å². The van der Waals surface area contributed by atoms with Gasteiger partial charge in [-0.2, -0.15) is 0 Å². The third-order valence-corrected chi connectivity index (χ3v) is 5.16. The van der Waals surface area contributed by atoms with Crippen LogP contribution >= 0.6 is 0 Å². The van der Waals surface area contributed by atoms with Crippen LogP contribution in [0.25, 0.3) is 11.4 Å². The highest BCUT2D eigenvalue weighted by molar-refractivity contribution is 5.92. The van der Waals surface area contributed by atoms with Crippen LogP contribution in [0.4, 0.5) is 11.6 Å². The van der Waals surface area contributed by atoms with E-state index in [-0.39, 0.29) is 11.8 Å². The van der Waals surface area contributed by atoms with Crippen molar-refractivity contribution in [2.24, 2.45) is 11.8 Å². The predicted molar refractivity (Wildman–Crippen MR) is 105 cm³/mol. The lowest BCUT2D eigenvalue weighted by Gasteiger charge is -2.22. The first kappa shape index (κ1) is 18.7. The van der Waals surface area contributed by atoms with Gasteiger partial charge in [0.2, 0.25) is 5.91 Å². The summed E-state index contributed by atoms with van der Waals surface area (Å²) in [6.45, 7) is 4.07. The Morgan fingerprint density at radius 3 is 2.86 bits per heavy atom. The third-order valence-electron chi connectivity index (χ3n) is 5.16. The minimum Gasteiger partial charge on any atom is -0.381 e. The lowest BCUT2D eigenvalue weighted by atomic mass is 10.0. The van der Waals surface area contributed by atoms with Gasteiger partial charge in [0.1, 0.15) is 23.7 Å². The summed E-state index contributed by atoms with van der Waals surface area (Å²) in [7, 11) is 0. The molecule has 0 spiro atoms. The molecule has 4 heterocycles. The Morgan fingerprint density at radius 2 is 2.04 bits per heavy atom. The summed E-state index contributed by atoms with van der Waals surface area (Å²) in [5.74, 6) is 1.74. The number of rotatable bonds is 6. The zero-order valence-electron chi connectivity index (χ0n) is 15.7. The highest BCUT2D eigenvalue weighted by Gasteiger charge is 2.22. The molecule has 9 nitrogen and oxygen atoms in total. The molecule has 2 aliphatic rings. The summed E-state index contributed by atoms with van der Waals surface area (Å²) in [5.41, 5.74) is 1.26. The van der Waals surface area contributed by atoms with Crippen LogP contribution in [-0.4, -0.2) is 58.7 Å². The molecule has 0 aromatic carbocycles. The van der Waals surface area contributed by atoms with Crippen LogP contribution < -0.4 is 16.0 Å². The Labute approximate surface area is 163 Å². The van der Waals surface area contributed by atoms with Crippen LogP contribution in [0.5, 0.6) is 0 Å². The molecule has 148 valence electrons. The van der Waals surface area contributed by atoms with E-state index in [4.69, 9.17) is 4.74 Å². The maximum Gasteiger partial charge on any atom is 0.229 e. The van der Waals surface area contributed by atoms with Crippen molar-refractivity contribution in [2.75, 3.05) is 43.5 Å². The minimum atomic E-state index is -0.0207. The summed E-state index contributed by atoms with van der Waals surface area (Å²) in [6.07, 6.45) is 7.77. The molecule has 2 aromatic heterocycles. The van der Waals surface area contributed by atoms with Crippen LogP contribution in [0.1, 0.15) is 19.3 Å². The summed E-state index contributed by atoms with van der Waals surface area (Å²) >= 11 is 0. The van der Waals surface area contributed by atoms with Gasteiger partial charge >= 0.3 is 0 Å². The summed E-state index contributed by atoms with van der Waals surface area (Å²) in [6, 6.07) is 1.73. The van der Waals surface area contributed by atoms with Crippen molar-refractivity contribution >= 4 is 17.5 Å². The minimum absolute atomic E-state index is 0.0177. The first-order valence-electron chi connectivity index (χ1n) is 9.75. The molecular weight excluding hydrogens is 358 g/mol. The number of amides is 1. The van der Waals surface area contributed by atoms with Gasteiger partial charge in [-0.05, 0) is 31.7 Å². The number of nitrogens with zero attached hydrogens (tertiary/aromatic N) is 4. The van der Waals surface area contributed by atoms with Crippen LogP contribution in [0.2, 0.25) is 0 Å². The second kappa shape index (κ2) is 9.03. The average molecular weight is 383 g/mol. The van der Waals surface area contributed by atoms with Gasteiger partial charge in [0, 0.05) is 32.4 Å². The van der Waals surface area contributed by atoms with E-state index < -0.39 is 0 Å². The van der Waals surface area contributed by atoms with Crippen molar-refractivity contribution in [2.45, 2.75) is 19.3 Å². The van der Waals surface area contributed by atoms with Gasteiger partial charge in [-0.3, -0.25) is 9.78 Å². The van der Waals surface area contributed by atoms with Gasteiger partial charge in [-0.15, -0.1) is 0 Å². The van der Waals surface area contributed by atoms with Crippen molar-refractivity contribution in [1.82, 2.24) is 25.3 Å². The van der Waals surface area contributed by atoms with Crippen molar-refractivity contribution in [1.29, 1.82) is 0 Å². The van der Waals surface area contributed by atoms with Crippen LogP contribution in [0.3, 0.4) is 0 Å². The smallest absolute Gasteiger partial charge is 0.229 e. The van der Waals surface area contributed by atoms with Gasteiger partial charge in [0.15, 0.2) is 0 Å². The van der Waals surface area contributed by atoms with Gasteiger partial charge < -0.3 is 20.7 Å². The van der Waals surface area contributed by atoms with Gasteiger partial charge in [-0.1, -0.05) is 0 Å². The van der Waals surface area contributed by atoms with E-state index in [1.165, 1.54) is 6.33 Å². The van der Waals surface area contributed by atoms with E-state index in [2.05, 4.69) is 35.9 Å². The fraction of sp³-hybridized carbons (Fsp3) is 0.526. The molecule has 0 aliphatic carbocycles. The molecule has 2 aromatic rings. The molecule has 3 N–H and O–H groups in total. The number of hydrogen-bond acceptors (Lipinski definition) is 8. The normalized spacial score (nSPS) is 20.1. The Morgan fingerprint density at radius 1 is 1.14 bits per heavy atom. The van der Waals surface area contributed by atoms with Crippen molar-refractivity contribution in [3.8, 4) is 11.4 Å². The first-order chi connectivity index (χ1) is 13.8. The molecule has 1 amide bonds. The molecule has 1 unspecified atom stereocenters. The lowest BCUT2D eigenvalue weighted by molar-refractivity contribution is -0.119. The number of anilines is 2. The van der Waals surface area contributed by atoms with E-state index in [0.29, 0.717) is 35.5 Å². The summed E-state index contributed by atoms with van der Waals surface area (Å²) in [4.78, 5) is 29.6. The van der Waals surface area contributed by atoms with E-state index in [1.54, 1.807) is 18.5 Å². The molecule has 0 radical (unpaired) electrons. The maximum atomic E-state index is 12.3. The molecule has 1 atom stereocenters.